The predicted octanol–water partition coefficient (Wildman–Crippen LogP) is 2.75. The highest BCUT2D eigenvalue weighted by Crippen LogP contribution is 2.19. The van der Waals surface area contributed by atoms with Gasteiger partial charge in [0.1, 0.15) is 0 Å². The summed E-state index contributed by atoms with van der Waals surface area (Å²) in [4.78, 5) is 12.4. The number of hydrogen-bond acceptors (Lipinski definition) is 3. The molecular weight excluding hydrogens is 224 g/mol. The van der Waals surface area contributed by atoms with Crippen molar-refractivity contribution < 1.29 is 4.79 Å². The van der Waals surface area contributed by atoms with E-state index in [9.17, 15) is 4.79 Å². The molecule has 0 saturated carbocycles. The molecule has 1 atom stereocenters. The van der Waals surface area contributed by atoms with Gasteiger partial charge >= 0.3 is 0 Å². The van der Waals surface area contributed by atoms with E-state index in [1.54, 1.807) is 0 Å². The third-order valence-corrected chi connectivity index (χ3v) is 2.65. The maximum atomic E-state index is 12.4. The Morgan fingerprint density at radius 3 is 1.89 bits per heavy atom. The first kappa shape index (κ1) is 17.6. The normalized spacial score (nSPS) is 14.9. The minimum atomic E-state index is -0.291. The van der Waals surface area contributed by atoms with Crippen molar-refractivity contribution in [3.8, 4) is 0 Å². The van der Waals surface area contributed by atoms with Crippen LogP contribution in [0, 0.1) is 5.41 Å². The Kier molecular flexibility index (Phi) is 6.52. The highest BCUT2D eigenvalue weighted by Gasteiger charge is 2.31. The van der Waals surface area contributed by atoms with Gasteiger partial charge in [0, 0.05) is 17.0 Å². The van der Waals surface area contributed by atoms with Crippen LogP contribution < -0.4 is 10.6 Å². The van der Waals surface area contributed by atoms with Gasteiger partial charge < -0.3 is 10.6 Å². The summed E-state index contributed by atoms with van der Waals surface area (Å²) < 4.78 is 0. The van der Waals surface area contributed by atoms with Crippen LogP contribution in [0.5, 0.6) is 0 Å². The number of carbonyl (C=O) groups is 1. The van der Waals surface area contributed by atoms with Crippen LogP contribution in [0.2, 0.25) is 0 Å². The molecule has 3 nitrogen and oxygen atoms in total. The van der Waals surface area contributed by atoms with Crippen LogP contribution in [0.15, 0.2) is 0 Å². The number of rotatable bonds is 6. The van der Waals surface area contributed by atoms with Crippen molar-refractivity contribution in [2.45, 2.75) is 79.4 Å². The molecule has 108 valence electrons. The van der Waals surface area contributed by atoms with Gasteiger partial charge in [-0.2, -0.15) is 0 Å². The van der Waals surface area contributed by atoms with Crippen LogP contribution in [0.1, 0.15) is 61.8 Å². The minimum absolute atomic E-state index is 0.0383. The van der Waals surface area contributed by atoms with Crippen molar-refractivity contribution in [2.75, 3.05) is 6.54 Å². The van der Waals surface area contributed by atoms with Crippen molar-refractivity contribution in [3.63, 3.8) is 0 Å². The Morgan fingerprint density at radius 1 is 1.06 bits per heavy atom. The van der Waals surface area contributed by atoms with Crippen molar-refractivity contribution in [1.29, 1.82) is 0 Å². The molecule has 1 unspecified atom stereocenters. The summed E-state index contributed by atoms with van der Waals surface area (Å²) in [5, 5.41) is 6.82. The van der Waals surface area contributed by atoms with Gasteiger partial charge in [0.15, 0.2) is 5.78 Å². The molecule has 0 radical (unpaired) electrons. The van der Waals surface area contributed by atoms with Gasteiger partial charge in [0.25, 0.3) is 0 Å². The molecule has 0 fully saturated rings. The second kappa shape index (κ2) is 6.67. The van der Waals surface area contributed by atoms with Gasteiger partial charge in [-0.1, -0.05) is 34.6 Å². The Morgan fingerprint density at radius 2 is 1.56 bits per heavy atom. The second-order valence-corrected chi connectivity index (χ2v) is 7.46. The van der Waals surface area contributed by atoms with Crippen molar-refractivity contribution in [2.24, 2.45) is 5.41 Å². The Hall–Kier alpha value is -0.410. The number of hydrogen-bond donors (Lipinski definition) is 2. The van der Waals surface area contributed by atoms with Crippen molar-refractivity contribution in [1.82, 2.24) is 10.6 Å². The molecule has 2 N–H and O–H groups in total. The minimum Gasteiger partial charge on any atom is -0.314 e. The number of carbonyl (C=O) groups excluding carboxylic acids is 1. The van der Waals surface area contributed by atoms with E-state index in [4.69, 9.17) is 0 Å². The smallest absolute Gasteiger partial charge is 0.155 e. The van der Waals surface area contributed by atoms with E-state index in [0.29, 0.717) is 11.8 Å². The second-order valence-electron chi connectivity index (χ2n) is 7.46. The molecule has 0 amide bonds. The van der Waals surface area contributed by atoms with Crippen molar-refractivity contribution in [3.05, 3.63) is 0 Å². The predicted molar refractivity (Wildman–Crippen MR) is 78.9 cm³/mol. The molecule has 0 heterocycles. The van der Waals surface area contributed by atoms with Crippen LogP contribution >= 0.6 is 0 Å². The van der Waals surface area contributed by atoms with Crippen LogP contribution in [-0.2, 0) is 4.79 Å². The Labute approximate surface area is 113 Å². The SMILES string of the molecule is CC(C)NCCC(NC(C)(C)C)C(=O)C(C)(C)C. The van der Waals surface area contributed by atoms with Gasteiger partial charge in [-0.05, 0) is 33.7 Å². The van der Waals surface area contributed by atoms with Crippen LogP contribution in [0.4, 0.5) is 0 Å². The third-order valence-electron chi connectivity index (χ3n) is 2.65. The van der Waals surface area contributed by atoms with Gasteiger partial charge in [-0.25, -0.2) is 0 Å². The molecule has 0 rings (SSSR count). The van der Waals surface area contributed by atoms with Gasteiger partial charge in [0.05, 0.1) is 6.04 Å². The molecule has 0 spiro atoms. The van der Waals surface area contributed by atoms with E-state index in [-0.39, 0.29) is 17.0 Å². The number of nitrogens with one attached hydrogen (secondary N) is 2. The van der Waals surface area contributed by atoms with E-state index < -0.39 is 0 Å². The van der Waals surface area contributed by atoms with Crippen LogP contribution in [0.3, 0.4) is 0 Å². The third kappa shape index (κ3) is 7.83. The molecule has 0 aliphatic rings. The first-order valence-electron chi connectivity index (χ1n) is 6.99. The molecule has 0 bridgehead atoms. The molecule has 0 aliphatic carbocycles. The summed E-state index contributed by atoms with van der Waals surface area (Å²) in [6.45, 7) is 17.4. The summed E-state index contributed by atoms with van der Waals surface area (Å²) in [6, 6.07) is 0.390. The summed E-state index contributed by atoms with van der Waals surface area (Å²) in [5.41, 5.74) is -0.329. The molecule has 0 aromatic carbocycles. The fourth-order valence-corrected chi connectivity index (χ4v) is 1.83. The highest BCUT2D eigenvalue weighted by atomic mass is 16.1. The fraction of sp³-hybridized carbons (Fsp3) is 0.933. The summed E-state index contributed by atoms with van der Waals surface area (Å²) in [5.74, 6) is 0.294. The van der Waals surface area contributed by atoms with E-state index >= 15 is 0 Å². The monoisotopic (exact) mass is 256 g/mol. The first-order valence-corrected chi connectivity index (χ1v) is 6.99. The first-order chi connectivity index (χ1) is 7.93. The van der Waals surface area contributed by atoms with E-state index in [2.05, 4.69) is 45.3 Å². The summed E-state index contributed by atoms with van der Waals surface area (Å²) in [6.07, 6.45) is 0.839. The Bertz CT molecular complexity index is 259. The van der Waals surface area contributed by atoms with Gasteiger partial charge in [-0.3, -0.25) is 4.79 Å². The maximum Gasteiger partial charge on any atom is 0.155 e. The molecular formula is C15H32N2O. The zero-order valence-corrected chi connectivity index (χ0v) is 13.5. The quantitative estimate of drug-likeness (QED) is 0.768. The number of ketones is 1. The van der Waals surface area contributed by atoms with Crippen LogP contribution in [0.25, 0.3) is 0 Å². The van der Waals surface area contributed by atoms with Gasteiger partial charge in [-0.15, -0.1) is 0 Å². The van der Waals surface area contributed by atoms with Crippen LogP contribution in [-0.4, -0.2) is 30.0 Å². The standard InChI is InChI=1S/C15H32N2O/c1-11(2)16-10-9-12(17-15(6,7)8)13(18)14(3,4)5/h11-12,16-17H,9-10H2,1-8H3. The molecule has 0 saturated heterocycles. The Balaban J connectivity index is 4.58. The lowest BCUT2D eigenvalue weighted by atomic mass is 9.84. The maximum absolute atomic E-state index is 12.4. The summed E-state index contributed by atoms with van der Waals surface area (Å²) >= 11 is 0. The van der Waals surface area contributed by atoms with E-state index in [1.165, 1.54) is 0 Å². The molecule has 18 heavy (non-hydrogen) atoms. The largest absolute Gasteiger partial charge is 0.314 e. The molecule has 0 aromatic heterocycles. The topological polar surface area (TPSA) is 41.1 Å². The average molecular weight is 256 g/mol. The highest BCUT2D eigenvalue weighted by molar-refractivity contribution is 5.88. The zero-order chi connectivity index (χ0) is 14.6. The lowest BCUT2D eigenvalue weighted by Crippen LogP contribution is -2.51. The fourth-order valence-electron chi connectivity index (χ4n) is 1.83. The molecule has 3 heteroatoms. The van der Waals surface area contributed by atoms with Gasteiger partial charge in [0.2, 0.25) is 0 Å². The zero-order valence-electron chi connectivity index (χ0n) is 13.5. The lowest BCUT2D eigenvalue weighted by Gasteiger charge is -2.32. The lowest BCUT2D eigenvalue weighted by molar-refractivity contribution is -0.129. The van der Waals surface area contributed by atoms with E-state index in [0.717, 1.165) is 13.0 Å². The summed E-state index contributed by atoms with van der Waals surface area (Å²) in [7, 11) is 0. The molecule has 0 aromatic rings. The number of Topliss-reactive ketones (excluding diaryl/α,β-unsaturated/α-hetero) is 1. The van der Waals surface area contributed by atoms with E-state index in [1.807, 2.05) is 20.8 Å². The molecule has 0 aliphatic heterocycles. The van der Waals surface area contributed by atoms with Crippen molar-refractivity contribution >= 4 is 5.78 Å². The average Bonchev–Trinajstić information content (AvgIpc) is 2.11.